The Bertz CT molecular complexity index is 346. The van der Waals surface area contributed by atoms with Gasteiger partial charge in [-0.3, -0.25) is 4.79 Å². The highest BCUT2D eigenvalue weighted by Crippen LogP contribution is 2.05. The van der Waals surface area contributed by atoms with Gasteiger partial charge in [-0.05, 0) is 0 Å². The summed E-state index contributed by atoms with van der Waals surface area (Å²) in [4.78, 5) is 17.7. The number of hydrogen-bond acceptors (Lipinski definition) is 3. The van der Waals surface area contributed by atoms with E-state index in [9.17, 15) is 4.79 Å². The molecule has 0 radical (unpaired) electrons. The van der Waals surface area contributed by atoms with E-state index in [4.69, 9.17) is 5.26 Å². The maximum Gasteiger partial charge on any atom is 0.178 e. The Morgan fingerprint density at radius 1 is 1.75 bits per heavy atom. The summed E-state index contributed by atoms with van der Waals surface area (Å²) in [5.74, 6) is 0.524. The van der Waals surface area contributed by atoms with Crippen LogP contribution in [0.4, 0.5) is 0 Å². The maximum atomic E-state index is 10.9. The number of Topliss-reactive ketones (excluding diaryl/α,β-unsaturated/α-hetero) is 1. The fourth-order valence-corrected chi connectivity index (χ4v) is 0.925. The Morgan fingerprint density at radius 3 is 2.75 bits per heavy atom. The number of hydrogen-bond donors (Lipinski definition) is 1. The number of nitrogens with one attached hydrogen (secondary N) is 1. The molecular formula is C8H9N3O. The minimum Gasteiger partial charge on any atom is -0.338 e. The molecule has 4 nitrogen and oxygen atoms in total. The maximum absolute atomic E-state index is 10.9. The number of aryl methyl sites for hydroxylation is 1. The number of aromatic nitrogens is 2. The van der Waals surface area contributed by atoms with Gasteiger partial charge in [0.2, 0.25) is 0 Å². The molecule has 0 fully saturated rings. The molecule has 0 bridgehead atoms. The van der Waals surface area contributed by atoms with Crippen molar-refractivity contribution in [3.8, 4) is 6.07 Å². The molecule has 1 rings (SSSR count). The van der Waals surface area contributed by atoms with Crippen LogP contribution in [0.25, 0.3) is 0 Å². The highest BCUT2D eigenvalue weighted by Gasteiger charge is 2.11. The lowest BCUT2D eigenvalue weighted by Gasteiger charge is -1.86. The number of nitrogens with zero attached hydrogens (tertiary/aromatic N) is 2. The van der Waals surface area contributed by atoms with Crippen molar-refractivity contribution in [3.63, 3.8) is 0 Å². The van der Waals surface area contributed by atoms with E-state index < -0.39 is 0 Å². The predicted octanol–water partition coefficient (Wildman–Crippen LogP) is 1.05. The predicted molar refractivity (Wildman–Crippen MR) is 42.7 cm³/mol. The van der Waals surface area contributed by atoms with Crippen molar-refractivity contribution in [1.82, 2.24) is 9.97 Å². The number of aromatic amines is 1. The molecule has 0 unspecified atom stereocenters. The third kappa shape index (κ3) is 1.35. The van der Waals surface area contributed by atoms with E-state index in [1.165, 1.54) is 6.92 Å². The molecule has 0 atom stereocenters. The first kappa shape index (κ1) is 8.47. The summed E-state index contributed by atoms with van der Waals surface area (Å²) < 4.78 is 0. The second-order valence-electron chi connectivity index (χ2n) is 2.43. The quantitative estimate of drug-likeness (QED) is 0.662. The molecule has 0 amide bonds. The summed E-state index contributed by atoms with van der Waals surface area (Å²) in [5.41, 5.74) is 0.508. The van der Waals surface area contributed by atoms with E-state index in [0.717, 1.165) is 0 Å². The van der Waals surface area contributed by atoms with E-state index in [1.54, 1.807) is 0 Å². The van der Waals surface area contributed by atoms with Crippen LogP contribution in [0.1, 0.15) is 35.9 Å². The lowest BCUT2D eigenvalue weighted by atomic mass is 10.3. The minimum absolute atomic E-state index is 0.154. The van der Waals surface area contributed by atoms with Gasteiger partial charge in [0.15, 0.2) is 11.5 Å². The molecule has 1 N–H and O–H groups in total. The van der Waals surface area contributed by atoms with E-state index in [1.807, 2.05) is 13.0 Å². The lowest BCUT2D eigenvalue weighted by molar-refractivity contribution is 0.101. The average molecular weight is 163 g/mol. The van der Waals surface area contributed by atoms with Gasteiger partial charge in [-0.2, -0.15) is 5.26 Å². The molecule has 0 aliphatic heterocycles. The molecule has 1 aromatic rings. The zero-order valence-corrected chi connectivity index (χ0v) is 7.01. The normalized spacial score (nSPS) is 9.42. The Kier molecular flexibility index (Phi) is 2.24. The number of rotatable bonds is 2. The first-order chi connectivity index (χ1) is 5.69. The molecule has 62 valence electrons. The number of carbonyl (C=O) groups excluding carboxylic acids is 1. The third-order valence-electron chi connectivity index (χ3n) is 1.55. The highest BCUT2D eigenvalue weighted by molar-refractivity contribution is 5.94. The molecule has 0 aromatic carbocycles. The second-order valence-corrected chi connectivity index (χ2v) is 2.43. The van der Waals surface area contributed by atoms with E-state index in [0.29, 0.717) is 17.9 Å². The van der Waals surface area contributed by atoms with Crippen LogP contribution in [0.5, 0.6) is 0 Å². The van der Waals surface area contributed by atoms with Crippen molar-refractivity contribution >= 4 is 5.78 Å². The number of imidazole rings is 1. The smallest absolute Gasteiger partial charge is 0.178 e. The molecule has 0 saturated carbocycles. The number of carbonyl (C=O) groups is 1. The van der Waals surface area contributed by atoms with Gasteiger partial charge in [0.05, 0.1) is 0 Å². The zero-order chi connectivity index (χ0) is 9.14. The van der Waals surface area contributed by atoms with Crippen LogP contribution in [0.2, 0.25) is 0 Å². The molecular weight excluding hydrogens is 154 g/mol. The number of ketones is 1. The van der Waals surface area contributed by atoms with Crippen molar-refractivity contribution < 1.29 is 4.79 Å². The Hall–Kier alpha value is -1.63. The topological polar surface area (TPSA) is 69.5 Å². The van der Waals surface area contributed by atoms with Gasteiger partial charge < -0.3 is 4.98 Å². The first-order valence-corrected chi connectivity index (χ1v) is 3.69. The van der Waals surface area contributed by atoms with E-state index in [2.05, 4.69) is 9.97 Å². The lowest BCUT2D eigenvalue weighted by Crippen LogP contribution is -1.95. The number of H-pyrrole nitrogens is 1. The Labute approximate surface area is 70.2 Å². The average Bonchev–Trinajstić information content (AvgIpc) is 2.47. The molecule has 4 heteroatoms. The Morgan fingerprint density at radius 2 is 2.42 bits per heavy atom. The largest absolute Gasteiger partial charge is 0.338 e. The highest BCUT2D eigenvalue weighted by atomic mass is 16.1. The zero-order valence-electron chi connectivity index (χ0n) is 7.01. The summed E-state index contributed by atoms with van der Waals surface area (Å²) in [6, 6.07) is 1.87. The molecule has 12 heavy (non-hydrogen) atoms. The van der Waals surface area contributed by atoms with Crippen LogP contribution in [0.15, 0.2) is 0 Å². The fraction of sp³-hybridized carbons (Fsp3) is 0.375. The summed E-state index contributed by atoms with van der Waals surface area (Å²) >= 11 is 0. The van der Waals surface area contributed by atoms with Crippen LogP contribution in [0.3, 0.4) is 0 Å². The van der Waals surface area contributed by atoms with Gasteiger partial charge in [0.1, 0.15) is 17.6 Å². The SMILES string of the molecule is CCc1nc(C#N)c(C(C)=O)[nH]1. The summed E-state index contributed by atoms with van der Waals surface area (Å²) in [7, 11) is 0. The Balaban J connectivity index is 3.19. The van der Waals surface area contributed by atoms with Crippen molar-refractivity contribution in [1.29, 1.82) is 5.26 Å². The summed E-state index contributed by atoms with van der Waals surface area (Å²) in [6.07, 6.45) is 0.696. The van der Waals surface area contributed by atoms with Crippen molar-refractivity contribution in [2.45, 2.75) is 20.3 Å². The van der Waals surface area contributed by atoms with Crippen LogP contribution in [-0.4, -0.2) is 15.8 Å². The van der Waals surface area contributed by atoms with Gasteiger partial charge in [0.25, 0.3) is 0 Å². The van der Waals surface area contributed by atoms with Crippen molar-refractivity contribution in [3.05, 3.63) is 17.2 Å². The van der Waals surface area contributed by atoms with Gasteiger partial charge in [-0.1, -0.05) is 6.92 Å². The van der Waals surface area contributed by atoms with Crippen LogP contribution >= 0.6 is 0 Å². The van der Waals surface area contributed by atoms with Crippen LogP contribution in [0, 0.1) is 11.3 Å². The molecule has 1 aromatic heterocycles. The molecule has 1 heterocycles. The fourth-order valence-electron chi connectivity index (χ4n) is 0.925. The van der Waals surface area contributed by atoms with Crippen LogP contribution < -0.4 is 0 Å². The summed E-state index contributed by atoms with van der Waals surface area (Å²) in [5, 5.41) is 8.59. The summed E-state index contributed by atoms with van der Waals surface area (Å²) in [6.45, 7) is 3.32. The van der Waals surface area contributed by atoms with Gasteiger partial charge in [-0.25, -0.2) is 4.98 Å². The molecule has 0 aliphatic rings. The molecule has 0 aliphatic carbocycles. The monoisotopic (exact) mass is 163 g/mol. The van der Waals surface area contributed by atoms with Gasteiger partial charge >= 0.3 is 0 Å². The second kappa shape index (κ2) is 3.18. The molecule has 0 spiro atoms. The first-order valence-electron chi connectivity index (χ1n) is 3.69. The third-order valence-corrected chi connectivity index (χ3v) is 1.55. The standard InChI is InChI=1S/C8H9N3O/c1-3-7-10-6(4-9)8(11-7)5(2)12/h3H2,1-2H3,(H,10,11). The van der Waals surface area contributed by atoms with Gasteiger partial charge in [0, 0.05) is 13.3 Å². The number of nitriles is 1. The minimum atomic E-state index is -0.154. The molecule has 0 saturated heterocycles. The van der Waals surface area contributed by atoms with Crippen LogP contribution in [-0.2, 0) is 6.42 Å². The van der Waals surface area contributed by atoms with Crippen molar-refractivity contribution in [2.75, 3.05) is 0 Å². The van der Waals surface area contributed by atoms with E-state index in [-0.39, 0.29) is 11.5 Å². The van der Waals surface area contributed by atoms with Gasteiger partial charge in [-0.15, -0.1) is 0 Å². The van der Waals surface area contributed by atoms with Crippen molar-refractivity contribution in [2.24, 2.45) is 0 Å². The van der Waals surface area contributed by atoms with E-state index >= 15 is 0 Å².